The van der Waals surface area contributed by atoms with Crippen LogP contribution in [0.2, 0.25) is 0 Å². The highest BCUT2D eigenvalue weighted by molar-refractivity contribution is 5.56. The maximum Gasteiger partial charge on any atom is 0.416 e. The van der Waals surface area contributed by atoms with Gasteiger partial charge in [0.05, 0.1) is 18.8 Å². The van der Waals surface area contributed by atoms with Crippen molar-refractivity contribution in [2.45, 2.75) is 57.3 Å². The maximum absolute atomic E-state index is 13.1. The van der Waals surface area contributed by atoms with E-state index >= 15 is 0 Å². The molecule has 1 saturated heterocycles. The van der Waals surface area contributed by atoms with Gasteiger partial charge in [-0.2, -0.15) is 18.3 Å². The predicted octanol–water partition coefficient (Wildman–Crippen LogP) is 4.51. The van der Waals surface area contributed by atoms with Crippen molar-refractivity contribution in [2.75, 3.05) is 26.3 Å². The highest BCUT2D eigenvalue weighted by atomic mass is 19.4. The average Bonchev–Trinajstić information content (AvgIpc) is 3.35. The third kappa shape index (κ3) is 4.33. The zero-order valence-electron chi connectivity index (χ0n) is 16.8. The first kappa shape index (κ1) is 20.3. The molecule has 0 N–H and O–H groups in total. The van der Waals surface area contributed by atoms with Gasteiger partial charge in [0.15, 0.2) is 5.82 Å². The lowest BCUT2D eigenvalue weighted by Crippen LogP contribution is -2.42. The normalized spacial score (nSPS) is 23.8. The molecule has 1 aromatic carbocycles. The SMILES string of the molecule is CC(C)n1nc(-c2cccc(C(F)(F)F)c2)nc1[C@H]1CC[C@@H](N2CCOCC2)C1. The zero-order valence-corrected chi connectivity index (χ0v) is 16.8. The summed E-state index contributed by atoms with van der Waals surface area (Å²) in [5.41, 5.74) is -0.270. The molecule has 0 amide bonds. The summed E-state index contributed by atoms with van der Waals surface area (Å²) in [6, 6.07) is 5.88. The Balaban J connectivity index is 1.59. The number of morpholine rings is 1. The van der Waals surface area contributed by atoms with E-state index < -0.39 is 11.7 Å². The van der Waals surface area contributed by atoms with Crippen LogP contribution in [0.5, 0.6) is 0 Å². The summed E-state index contributed by atoms with van der Waals surface area (Å²) in [7, 11) is 0. The molecule has 1 saturated carbocycles. The first-order chi connectivity index (χ1) is 13.8. The lowest BCUT2D eigenvalue weighted by molar-refractivity contribution is -0.137. The Morgan fingerprint density at radius 3 is 2.59 bits per heavy atom. The summed E-state index contributed by atoms with van der Waals surface area (Å²) in [6.07, 6.45) is -1.24. The number of aromatic nitrogens is 3. The molecular formula is C21H27F3N4O. The van der Waals surface area contributed by atoms with Crippen LogP contribution in [0.25, 0.3) is 11.4 Å². The Hall–Kier alpha value is -1.93. The zero-order chi connectivity index (χ0) is 20.6. The van der Waals surface area contributed by atoms with Crippen molar-refractivity contribution in [3.8, 4) is 11.4 Å². The highest BCUT2D eigenvalue weighted by Crippen LogP contribution is 2.38. The van der Waals surface area contributed by atoms with Crippen LogP contribution in [0.3, 0.4) is 0 Å². The first-order valence-corrected chi connectivity index (χ1v) is 10.3. The van der Waals surface area contributed by atoms with E-state index in [9.17, 15) is 13.2 Å². The Bertz CT molecular complexity index is 843. The van der Waals surface area contributed by atoms with E-state index in [2.05, 4.69) is 10.00 Å². The minimum Gasteiger partial charge on any atom is -0.379 e. The number of hydrogen-bond acceptors (Lipinski definition) is 4. The van der Waals surface area contributed by atoms with Crippen molar-refractivity contribution < 1.29 is 17.9 Å². The number of benzene rings is 1. The number of ether oxygens (including phenoxy) is 1. The summed E-state index contributed by atoms with van der Waals surface area (Å²) in [6.45, 7) is 7.55. The number of nitrogens with zero attached hydrogens (tertiary/aromatic N) is 4. The highest BCUT2D eigenvalue weighted by Gasteiger charge is 2.35. The van der Waals surface area contributed by atoms with E-state index in [-0.39, 0.29) is 12.0 Å². The standard InChI is InChI=1S/C21H27F3N4O/c1-14(2)28-20(16-6-7-18(13-16)27-8-10-29-11-9-27)25-19(26-28)15-4-3-5-17(12-15)21(22,23)24/h3-5,12,14,16,18H,6-11,13H2,1-2H3/t16-,18+/m0/s1. The van der Waals surface area contributed by atoms with Crippen molar-refractivity contribution >= 4 is 0 Å². The average molecular weight is 408 g/mol. The number of hydrogen-bond donors (Lipinski definition) is 0. The van der Waals surface area contributed by atoms with Crippen molar-refractivity contribution in [1.82, 2.24) is 19.7 Å². The first-order valence-electron chi connectivity index (χ1n) is 10.3. The van der Waals surface area contributed by atoms with Crippen molar-refractivity contribution in [3.63, 3.8) is 0 Å². The van der Waals surface area contributed by atoms with Gasteiger partial charge >= 0.3 is 6.18 Å². The molecule has 1 aromatic heterocycles. The van der Waals surface area contributed by atoms with E-state index in [1.165, 1.54) is 6.07 Å². The topological polar surface area (TPSA) is 43.2 Å². The Kier molecular flexibility index (Phi) is 5.66. The summed E-state index contributed by atoms with van der Waals surface area (Å²) in [5.74, 6) is 1.54. The largest absolute Gasteiger partial charge is 0.416 e. The minimum atomic E-state index is -4.38. The van der Waals surface area contributed by atoms with Crippen LogP contribution in [0.1, 0.15) is 56.5 Å². The summed E-state index contributed by atoms with van der Waals surface area (Å²) >= 11 is 0. The molecular weight excluding hydrogens is 381 g/mol. The van der Waals surface area contributed by atoms with E-state index in [0.29, 0.717) is 17.4 Å². The van der Waals surface area contributed by atoms with E-state index in [0.717, 1.165) is 63.5 Å². The third-order valence-electron chi connectivity index (χ3n) is 5.93. The van der Waals surface area contributed by atoms with Crippen LogP contribution in [0.4, 0.5) is 13.2 Å². The molecule has 0 radical (unpaired) electrons. The Morgan fingerprint density at radius 2 is 1.90 bits per heavy atom. The van der Waals surface area contributed by atoms with E-state index in [1.54, 1.807) is 6.07 Å². The Labute approximate surface area is 168 Å². The number of rotatable bonds is 4. The van der Waals surface area contributed by atoms with Crippen LogP contribution >= 0.6 is 0 Å². The third-order valence-corrected chi connectivity index (χ3v) is 5.93. The fourth-order valence-electron chi connectivity index (χ4n) is 4.42. The summed E-state index contributed by atoms with van der Waals surface area (Å²) in [5, 5.41) is 4.59. The van der Waals surface area contributed by atoms with Crippen LogP contribution in [0.15, 0.2) is 24.3 Å². The molecule has 0 unspecified atom stereocenters. The number of alkyl halides is 3. The van der Waals surface area contributed by atoms with Gasteiger partial charge in [-0.05, 0) is 45.2 Å². The maximum atomic E-state index is 13.1. The monoisotopic (exact) mass is 408 g/mol. The summed E-state index contributed by atoms with van der Waals surface area (Å²) in [4.78, 5) is 7.22. The van der Waals surface area contributed by atoms with Gasteiger partial charge in [0.25, 0.3) is 0 Å². The van der Waals surface area contributed by atoms with Crippen LogP contribution in [-0.2, 0) is 10.9 Å². The van der Waals surface area contributed by atoms with Crippen LogP contribution in [0, 0.1) is 0 Å². The second-order valence-electron chi connectivity index (χ2n) is 8.22. The second kappa shape index (κ2) is 8.07. The lowest BCUT2D eigenvalue weighted by atomic mass is 10.1. The van der Waals surface area contributed by atoms with Gasteiger partial charge in [-0.3, -0.25) is 4.90 Å². The fraction of sp³-hybridized carbons (Fsp3) is 0.619. The van der Waals surface area contributed by atoms with Gasteiger partial charge in [-0.25, -0.2) is 9.67 Å². The van der Waals surface area contributed by atoms with E-state index in [4.69, 9.17) is 9.72 Å². The van der Waals surface area contributed by atoms with Crippen molar-refractivity contribution in [1.29, 1.82) is 0 Å². The molecule has 2 fully saturated rings. The van der Waals surface area contributed by atoms with Gasteiger partial charge in [-0.15, -0.1) is 0 Å². The molecule has 158 valence electrons. The summed E-state index contributed by atoms with van der Waals surface area (Å²) < 4.78 is 46.7. The van der Waals surface area contributed by atoms with Gasteiger partial charge in [0, 0.05) is 36.7 Å². The molecule has 1 aliphatic heterocycles. The van der Waals surface area contributed by atoms with E-state index in [1.807, 2.05) is 18.5 Å². The molecule has 4 rings (SSSR count). The molecule has 0 bridgehead atoms. The number of halogens is 3. The molecule has 29 heavy (non-hydrogen) atoms. The molecule has 2 aliphatic rings. The second-order valence-corrected chi connectivity index (χ2v) is 8.22. The lowest BCUT2D eigenvalue weighted by Gasteiger charge is -2.32. The smallest absolute Gasteiger partial charge is 0.379 e. The molecule has 0 spiro atoms. The quantitative estimate of drug-likeness (QED) is 0.747. The van der Waals surface area contributed by atoms with Crippen molar-refractivity contribution in [2.24, 2.45) is 0 Å². The van der Waals surface area contributed by atoms with Gasteiger partial charge in [0.2, 0.25) is 0 Å². The molecule has 2 atom stereocenters. The van der Waals surface area contributed by atoms with Crippen LogP contribution < -0.4 is 0 Å². The van der Waals surface area contributed by atoms with Gasteiger partial charge < -0.3 is 4.74 Å². The van der Waals surface area contributed by atoms with Crippen molar-refractivity contribution in [3.05, 3.63) is 35.7 Å². The molecule has 8 heteroatoms. The Morgan fingerprint density at radius 1 is 1.14 bits per heavy atom. The van der Waals surface area contributed by atoms with Gasteiger partial charge in [-0.1, -0.05) is 12.1 Å². The fourth-order valence-corrected chi connectivity index (χ4v) is 4.42. The predicted molar refractivity (Wildman–Crippen MR) is 104 cm³/mol. The van der Waals surface area contributed by atoms with Gasteiger partial charge in [0.1, 0.15) is 5.82 Å². The molecule has 5 nitrogen and oxygen atoms in total. The molecule has 1 aliphatic carbocycles. The molecule has 2 aromatic rings. The molecule has 2 heterocycles. The minimum absolute atomic E-state index is 0.0967. The van der Waals surface area contributed by atoms with Crippen LogP contribution in [-0.4, -0.2) is 52.0 Å².